The maximum atomic E-state index is 5.12. The number of nitrogens with zero attached hydrogens (tertiary/aromatic N) is 2. The van der Waals surface area contributed by atoms with Gasteiger partial charge in [0.05, 0.1) is 24.2 Å². The smallest absolute Gasteiger partial charge is 0.0637 e. The molecule has 1 rings (SSSR count). The summed E-state index contributed by atoms with van der Waals surface area (Å²) in [6.07, 6.45) is 1.95. The number of aromatic nitrogens is 1. The lowest BCUT2D eigenvalue weighted by Gasteiger charge is -2.23. The molecule has 1 N–H and O–H groups in total. The van der Waals surface area contributed by atoms with Crippen LogP contribution in [0.15, 0.2) is 18.3 Å². The zero-order chi connectivity index (χ0) is 13.4. The van der Waals surface area contributed by atoms with Crippen LogP contribution < -0.4 is 10.2 Å². The summed E-state index contributed by atoms with van der Waals surface area (Å²) in [5.41, 5.74) is 2.24. The Morgan fingerprint density at radius 3 is 2.67 bits per heavy atom. The lowest BCUT2D eigenvalue weighted by atomic mass is 10.2. The molecule has 4 nitrogen and oxygen atoms in total. The van der Waals surface area contributed by atoms with Crippen LogP contribution in [0.1, 0.15) is 32.5 Å². The molecule has 0 amide bonds. The highest BCUT2D eigenvalue weighted by atomic mass is 16.5. The average molecular weight is 251 g/mol. The number of nitrogens with one attached hydrogen (secondary N) is 1. The van der Waals surface area contributed by atoms with E-state index in [2.05, 4.69) is 48.1 Å². The minimum absolute atomic E-state index is 0.304. The van der Waals surface area contributed by atoms with Crippen LogP contribution in [0, 0.1) is 0 Å². The second kappa shape index (κ2) is 8.06. The highest BCUT2D eigenvalue weighted by molar-refractivity contribution is 5.44. The number of methoxy groups -OCH3 is 1. The van der Waals surface area contributed by atoms with Gasteiger partial charge >= 0.3 is 0 Å². The maximum Gasteiger partial charge on any atom is 0.0637 e. The third-order valence-electron chi connectivity index (χ3n) is 3.04. The molecule has 1 heterocycles. The molecule has 1 aromatic rings. The molecule has 18 heavy (non-hydrogen) atoms. The Balaban J connectivity index is 2.68. The van der Waals surface area contributed by atoms with Gasteiger partial charge in [-0.3, -0.25) is 4.98 Å². The third-order valence-corrected chi connectivity index (χ3v) is 3.04. The number of likely N-dealkylation sites (N-methyl/N-ethyl adjacent to an activating group) is 1. The number of ether oxygens (including phenoxy) is 1. The van der Waals surface area contributed by atoms with Crippen LogP contribution in [0.2, 0.25) is 0 Å². The molecule has 0 aliphatic rings. The zero-order valence-electron chi connectivity index (χ0n) is 11.9. The molecule has 4 heteroatoms. The summed E-state index contributed by atoms with van der Waals surface area (Å²) in [5.74, 6) is 0. The first-order chi connectivity index (χ1) is 8.72. The normalized spacial score (nSPS) is 12.4. The Kier molecular flexibility index (Phi) is 6.68. The van der Waals surface area contributed by atoms with Crippen LogP contribution in [0.3, 0.4) is 0 Å². The minimum atomic E-state index is 0.304. The fourth-order valence-corrected chi connectivity index (χ4v) is 1.92. The van der Waals surface area contributed by atoms with Crippen LogP contribution in [-0.2, 0) is 4.74 Å². The van der Waals surface area contributed by atoms with Gasteiger partial charge in [-0.05, 0) is 32.5 Å². The van der Waals surface area contributed by atoms with Crippen molar-refractivity contribution in [2.24, 2.45) is 0 Å². The van der Waals surface area contributed by atoms with Crippen LogP contribution in [0.25, 0.3) is 0 Å². The summed E-state index contributed by atoms with van der Waals surface area (Å²) in [7, 11) is 1.73. The van der Waals surface area contributed by atoms with Gasteiger partial charge < -0.3 is 15.0 Å². The van der Waals surface area contributed by atoms with Crippen molar-refractivity contribution in [2.75, 3.05) is 38.3 Å². The van der Waals surface area contributed by atoms with Crippen molar-refractivity contribution in [1.82, 2.24) is 10.3 Å². The summed E-state index contributed by atoms with van der Waals surface area (Å²) in [4.78, 5) is 6.79. The fourth-order valence-electron chi connectivity index (χ4n) is 1.92. The van der Waals surface area contributed by atoms with E-state index < -0.39 is 0 Å². The van der Waals surface area contributed by atoms with Gasteiger partial charge in [-0.15, -0.1) is 0 Å². The number of pyridine rings is 1. The van der Waals surface area contributed by atoms with E-state index in [1.54, 1.807) is 7.11 Å². The molecule has 1 aromatic heterocycles. The van der Waals surface area contributed by atoms with Gasteiger partial charge in [-0.1, -0.05) is 6.92 Å². The average Bonchev–Trinajstić information content (AvgIpc) is 2.40. The molecule has 0 fully saturated rings. The lowest BCUT2D eigenvalue weighted by Crippen LogP contribution is -2.27. The predicted octanol–water partition coefficient (Wildman–Crippen LogP) is 2.22. The highest BCUT2D eigenvalue weighted by Gasteiger charge is 2.07. The summed E-state index contributed by atoms with van der Waals surface area (Å²) in [6.45, 7) is 9.94. The van der Waals surface area contributed by atoms with Gasteiger partial charge in [0.25, 0.3) is 0 Å². The second-order valence-corrected chi connectivity index (χ2v) is 4.29. The Morgan fingerprint density at radius 1 is 1.39 bits per heavy atom. The summed E-state index contributed by atoms with van der Waals surface area (Å²) in [5, 5.41) is 3.36. The number of rotatable bonds is 8. The van der Waals surface area contributed by atoms with E-state index in [0.717, 1.165) is 37.6 Å². The molecular formula is C14H25N3O. The number of anilines is 1. The summed E-state index contributed by atoms with van der Waals surface area (Å²) < 4.78 is 5.12. The van der Waals surface area contributed by atoms with Gasteiger partial charge in [0, 0.05) is 26.2 Å². The Labute approximate surface area is 110 Å². The van der Waals surface area contributed by atoms with Crippen molar-refractivity contribution in [2.45, 2.75) is 26.8 Å². The lowest BCUT2D eigenvalue weighted by molar-refractivity contribution is 0.205. The topological polar surface area (TPSA) is 37.4 Å². The van der Waals surface area contributed by atoms with Crippen molar-refractivity contribution in [3.05, 3.63) is 24.0 Å². The van der Waals surface area contributed by atoms with Crippen LogP contribution in [0.4, 0.5) is 5.69 Å². The monoisotopic (exact) mass is 251 g/mol. The first-order valence-electron chi connectivity index (χ1n) is 6.66. The zero-order valence-corrected chi connectivity index (χ0v) is 11.9. The molecule has 0 aromatic carbocycles. The molecule has 0 spiro atoms. The Bertz CT molecular complexity index is 326. The van der Waals surface area contributed by atoms with E-state index in [1.165, 1.54) is 0 Å². The largest absolute Gasteiger partial charge is 0.383 e. The molecular weight excluding hydrogens is 226 g/mol. The minimum Gasteiger partial charge on any atom is -0.383 e. The molecule has 0 radical (unpaired) electrons. The van der Waals surface area contributed by atoms with E-state index in [9.17, 15) is 0 Å². The standard InChI is InChI=1S/C14H25N3O/c1-5-15-12(3)14-8-7-13(11-16-14)17(6-2)9-10-18-4/h7-8,11-12,15H,5-6,9-10H2,1-4H3. The van der Waals surface area contributed by atoms with Gasteiger partial charge in [-0.25, -0.2) is 0 Å². The SMILES string of the molecule is CCNC(C)c1ccc(N(CC)CCOC)cn1. The van der Waals surface area contributed by atoms with E-state index in [1.807, 2.05) is 6.20 Å². The molecule has 0 aliphatic carbocycles. The first-order valence-corrected chi connectivity index (χ1v) is 6.66. The van der Waals surface area contributed by atoms with E-state index in [0.29, 0.717) is 6.04 Å². The van der Waals surface area contributed by atoms with Crippen molar-refractivity contribution in [3.63, 3.8) is 0 Å². The third kappa shape index (κ3) is 4.27. The molecule has 0 saturated heterocycles. The number of hydrogen-bond donors (Lipinski definition) is 1. The number of hydrogen-bond acceptors (Lipinski definition) is 4. The summed E-state index contributed by atoms with van der Waals surface area (Å²) >= 11 is 0. The summed E-state index contributed by atoms with van der Waals surface area (Å²) in [6, 6.07) is 4.53. The van der Waals surface area contributed by atoms with Crippen molar-refractivity contribution >= 4 is 5.69 Å². The molecule has 102 valence electrons. The van der Waals surface area contributed by atoms with E-state index in [-0.39, 0.29) is 0 Å². The van der Waals surface area contributed by atoms with Crippen LogP contribution in [-0.4, -0.2) is 38.3 Å². The van der Waals surface area contributed by atoms with Gasteiger partial charge in [-0.2, -0.15) is 0 Å². The van der Waals surface area contributed by atoms with Gasteiger partial charge in [0.2, 0.25) is 0 Å². The first kappa shape index (κ1) is 14.9. The molecule has 1 atom stereocenters. The molecule has 0 bridgehead atoms. The maximum absolute atomic E-state index is 5.12. The second-order valence-electron chi connectivity index (χ2n) is 4.29. The quantitative estimate of drug-likeness (QED) is 0.769. The highest BCUT2D eigenvalue weighted by Crippen LogP contribution is 2.16. The molecule has 0 aliphatic heterocycles. The van der Waals surface area contributed by atoms with Crippen molar-refractivity contribution in [3.8, 4) is 0 Å². The van der Waals surface area contributed by atoms with Crippen molar-refractivity contribution in [1.29, 1.82) is 0 Å². The Morgan fingerprint density at radius 2 is 2.17 bits per heavy atom. The van der Waals surface area contributed by atoms with Gasteiger partial charge in [0.15, 0.2) is 0 Å². The van der Waals surface area contributed by atoms with Crippen LogP contribution in [0.5, 0.6) is 0 Å². The van der Waals surface area contributed by atoms with Crippen LogP contribution >= 0.6 is 0 Å². The van der Waals surface area contributed by atoms with Crippen molar-refractivity contribution < 1.29 is 4.74 Å². The predicted molar refractivity (Wildman–Crippen MR) is 76.1 cm³/mol. The molecule has 0 saturated carbocycles. The Hall–Kier alpha value is -1.13. The van der Waals surface area contributed by atoms with E-state index >= 15 is 0 Å². The fraction of sp³-hybridized carbons (Fsp3) is 0.643. The van der Waals surface area contributed by atoms with Gasteiger partial charge in [0.1, 0.15) is 0 Å². The molecule has 1 unspecified atom stereocenters. The van der Waals surface area contributed by atoms with E-state index in [4.69, 9.17) is 4.74 Å².